The Morgan fingerprint density at radius 1 is 1.31 bits per heavy atom. The molecular weight excluding hydrogens is 208 g/mol. The van der Waals surface area contributed by atoms with Crippen LogP contribution in [-0.2, 0) is 14.3 Å². The van der Waals surface area contributed by atoms with Crippen LogP contribution in [0.5, 0.6) is 0 Å². The normalized spacial score (nSPS) is 12.1. The van der Waals surface area contributed by atoms with Gasteiger partial charge < -0.3 is 14.6 Å². The average molecular weight is 224 g/mol. The molecule has 1 rings (SSSR count). The maximum Gasteiger partial charge on any atom is 0.339 e. The van der Waals surface area contributed by atoms with E-state index in [4.69, 9.17) is 9.47 Å². The van der Waals surface area contributed by atoms with Gasteiger partial charge in [0.2, 0.25) is 0 Å². The Hall–Kier alpha value is -1.39. The molecule has 0 aliphatic heterocycles. The van der Waals surface area contributed by atoms with Crippen LogP contribution in [0.1, 0.15) is 18.6 Å². The molecule has 88 valence electrons. The smallest absolute Gasteiger partial charge is 0.339 e. The largest absolute Gasteiger partial charge is 0.461 e. The second kappa shape index (κ2) is 6.98. The molecule has 0 saturated heterocycles. The molecular formula is C12H16O4. The summed E-state index contributed by atoms with van der Waals surface area (Å²) in [7, 11) is 0. The van der Waals surface area contributed by atoms with E-state index in [-0.39, 0.29) is 6.61 Å². The van der Waals surface area contributed by atoms with Crippen molar-refractivity contribution in [3.8, 4) is 0 Å². The molecule has 1 unspecified atom stereocenters. The lowest BCUT2D eigenvalue weighted by atomic mass is 10.1. The Labute approximate surface area is 94.8 Å². The van der Waals surface area contributed by atoms with E-state index in [0.717, 1.165) is 0 Å². The van der Waals surface area contributed by atoms with Crippen LogP contribution in [0.25, 0.3) is 0 Å². The summed E-state index contributed by atoms with van der Waals surface area (Å²) in [6.45, 7) is 2.96. The van der Waals surface area contributed by atoms with E-state index in [1.807, 2.05) is 13.0 Å². The van der Waals surface area contributed by atoms with E-state index >= 15 is 0 Å². The molecule has 0 heterocycles. The summed E-state index contributed by atoms with van der Waals surface area (Å²) in [6, 6.07) is 8.68. The van der Waals surface area contributed by atoms with Gasteiger partial charge in [0.15, 0.2) is 6.10 Å². The third kappa shape index (κ3) is 4.00. The summed E-state index contributed by atoms with van der Waals surface area (Å²) in [4.78, 5) is 11.4. The van der Waals surface area contributed by atoms with Crippen molar-refractivity contribution >= 4 is 5.97 Å². The van der Waals surface area contributed by atoms with Crippen LogP contribution < -0.4 is 0 Å². The minimum absolute atomic E-state index is 0.163. The van der Waals surface area contributed by atoms with Gasteiger partial charge in [-0.25, -0.2) is 4.79 Å². The predicted octanol–water partition coefficient (Wildman–Crippen LogP) is 1.30. The van der Waals surface area contributed by atoms with Crippen molar-refractivity contribution in [2.24, 2.45) is 0 Å². The summed E-state index contributed by atoms with van der Waals surface area (Å²) in [5.74, 6) is -0.647. The van der Waals surface area contributed by atoms with E-state index in [1.165, 1.54) is 0 Å². The number of benzene rings is 1. The number of carbonyl (C=O) groups is 1. The molecule has 0 aromatic heterocycles. The van der Waals surface area contributed by atoms with E-state index in [9.17, 15) is 9.90 Å². The fourth-order valence-corrected chi connectivity index (χ4v) is 1.20. The first-order valence-corrected chi connectivity index (χ1v) is 5.23. The molecule has 0 saturated carbocycles. The fourth-order valence-electron chi connectivity index (χ4n) is 1.20. The van der Waals surface area contributed by atoms with Gasteiger partial charge in [-0.2, -0.15) is 0 Å². The summed E-state index contributed by atoms with van der Waals surface area (Å²) in [6.07, 6.45) is -1.22. The molecule has 0 fully saturated rings. The summed E-state index contributed by atoms with van der Waals surface area (Å²) in [5.41, 5.74) is 0.531. The molecule has 0 radical (unpaired) electrons. The number of hydrogen-bond donors (Lipinski definition) is 1. The number of aliphatic hydroxyl groups excluding tert-OH is 1. The SMILES string of the molecule is CCOCCOC(=O)C(O)c1ccccc1. The molecule has 0 aliphatic rings. The van der Waals surface area contributed by atoms with Crippen LogP contribution in [0.3, 0.4) is 0 Å². The zero-order chi connectivity index (χ0) is 11.8. The first kappa shape index (κ1) is 12.7. The minimum Gasteiger partial charge on any atom is -0.461 e. The van der Waals surface area contributed by atoms with E-state index in [2.05, 4.69) is 0 Å². The van der Waals surface area contributed by atoms with Gasteiger partial charge in [0, 0.05) is 6.61 Å². The number of aliphatic hydroxyl groups is 1. The van der Waals surface area contributed by atoms with Crippen molar-refractivity contribution in [3.63, 3.8) is 0 Å². The first-order chi connectivity index (χ1) is 7.75. The van der Waals surface area contributed by atoms with Gasteiger partial charge in [0.1, 0.15) is 6.61 Å². The average Bonchev–Trinajstić information content (AvgIpc) is 2.34. The highest BCUT2D eigenvalue weighted by atomic mass is 16.6. The maximum atomic E-state index is 11.4. The first-order valence-electron chi connectivity index (χ1n) is 5.23. The van der Waals surface area contributed by atoms with Crippen LogP contribution in [0, 0.1) is 0 Å². The lowest BCUT2D eigenvalue weighted by molar-refractivity contribution is -0.155. The second-order valence-corrected chi connectivity index (χ2v) is 3.18. The standard InChI is InChI=1S/C12H16O4/c1-2-15-8-9-16-12(14)11(13)10-6-4-3-5-7-10/h3-7,11,13H,2,8-9H2,1H3. The van der Waals surface area contributed by atoms with E-state index < -0.39 is 12.1 Å². The van der Waals surface area contributed by atoms with E-state index in [1.54, 1.807) is 24.3 Å². The van der Waals surface area contributed by atoms with Gasteiger partial charge in [-0.15, -0.1) is 0 Å². The number of esters is 1. The predicted molar refractivity (Wildman–Crippen MR) is 58.9 cm³/mol. The molecule has 1 N–H and O–H groups in total. The molecule has 1 aromatic rings. The number of hydrogen-bond acceptors (Lipinski definition) is 4. The van der Waals surface area contributed by atoms with Crippen LogP contribution in [0.2, 0.25) is 0 Å². The molecule has 0 amide bonds. The number of ether oxygens (including phenoxy) is 2. The molecule has 1 atom stereocenters. The zero-order valence-electron chi connectivity index (χ0n) is 9.26. The molecule has 4 nitrogen and oxygen atoms in total. The molecule has 0 aliphatic carbocycles. The number of carbonyl (C=O) groups excluding carboxylic acids is 1. The Bertz CT molecular complexity index is 310. The van der Waals surface area contributed by atoms with Crippen molar-refractivity contribution in [2.75, 3.05) is 19.8 Å². The molecule has 0 bridgehead atoms. The molecule has 0 spiro atoms. The van der Waals surface area contributed by atoms with Crippen LogP contribution in [0.15, 0.2) is 30.3 Å². The Morgan fingerprint density at radius 3 is 2.62 bits per heavy atom. The highest BCUT2D eigenvalue weighted by molar-refractivity contribution is 5.76. The van der Waals surface area contributed by atoms with Crippen molar-refractivity contribution in [2.45, 2.75) is 13.0 Å². The summed E-state index contributed by atoms with van der Waals surface area (Å²) >= 11 is 0. The highest BCUT2D eigenvalue weighted by Crippen LogP contribution is 2.13. The molecule has 16 heavy (non-hydrogen) atoms. The number of rotatable bonds is 6. The van der Waals surface area contributed by atoms with Gasteiger partial charge in [0.25, 0.3) is 0 Å². The zero-order valence-corrected chi connectivity index (χ0v) is 9.26. The van der Waals surface area contributed by atoms with Crippen molar-refractivity contribution in [1.29, 1.82) is 0 Å². The molecule has 1 aromatic carbocycles. The Morgan fingerprint density at radius 2 is 2.00 bits per heavy atom. The second-order valence-electron chi connectivity index (χ2n) is 3.18. The Balaban J connectivity index is 2.37. The lowest BCUT2D eigenvalue weighted by Gasteiger charge is -2.10. The third-order valence-corrected chi connectivity index (χ3v) is 2.01. The Kier molecular flexibility index (Phi) is 5.53. The quantitative estimate of drug-likeness (QED) is 0.584. The third-order valence-electron chi connectivity index (χ3n) is 2.01. The van der Waals surface area contributed by atoms with Crippen molar-refractivity contribution < 1.29 is 19.4 Å². The van der Waals surface area contributed by atoms with Gasteiger partial charge in [-0.3, -0.25) is 0 Å². The van der Waals surface area contributed by atoms with Crippen molar-refractivity contribution in [3.05, 3.63) is 35.9 Å². The molecule has 4 heteroatoms. The van der Waals surface area contributed by atoms with Crippen LogP contribution in [0.4, 0.5) is 0 Å². The van der Waals surface area contributed by atoms with E-state index in [0.29, 0.717) is 18.8 Å². The fraction of sp³-hybridized carbons (Fsp3) is 0.417. The van der Waals surface area contributed by atoms with Crippen LogP contribution in [-0.4, -0.2) is 30.9 Å². The maximum absolute atomic E-state index is 11.4. The van der Waals surface area contributed by atoms with Gasteiger partial charge >= 0.3 is 5.97 Å². The summed E-state index contributed by atoms with van der Waals surface area (Å²) < 4.78 is 9.86. The van der Waals surface area contributed by atoms with Gasteiger partial charge in [-0.1, -0.05) is 30.3 Å². The monoisotopic (exact) mass is 224 g/mol. The lowest BCUT2D eigenvalue weighted by Crippen LogP contribution is -2.18. The highest BCUT2D eigenvalue weighted by Gasteiger charge is 2.18. The van der Waals surface area contributed by atoms with Crippen molar-refractivity contribution in [1.82, 2.24) is 0 Å². The minimum atomic E-state index is -1.22. The topological polar surface area (TPSA) is 55.8 Å². The van der Waals surface area contributed by atoms with Gasteiger partial charge in [-0.05, 0) is 12.5 Å². The van der Waals surface area contributed by atoms with Crippen LogP contribution >= 0.6 is 0 Å². The summed E-state index contributed by atoms with van der Waals surface area (Å²) in [5, 5.41) is 9.63. The van der Waals surface area contributed by atoms with Gasteiger partial charge in [0.05, 0.1) is 6.61 Å².